The number of carbonyl (C=O) groups is 2. The highest BCUT2D eigenvalue weighted by Crippen LogP contribution is 2.21. The molecule has 148 valence electrons. The summed E-state index contributed by atoms with van der Waals surface area (Å²) in [5, 5.41) is 8.54. The van der Waals surface area contributed by atoms with Gasteiger partial charge in [0.15, 0.2) is 0 Å². The Bertz CT molecular complexity index is 715. The summed E-state index contributed by atoms with van der Waals surface area (Å²) < 4.78 is 28.7. The summed E-state index contributed by atoms with van der Waals surface area (Å²) in [7, 11) is -3.80. The van der Waals surface area contributed by atoms with Crippen molar-refractivity contribution in [3.63, 3.8) is 0 Å². The Morgan fingerprint density at radius 1 is 0.962 bits per heavy atom. The predicted molar refractivity (Wildman–Crippen MR) is 100 cm³/mol. The highest BCUT2D eigenvalue weighted by molar-refractivity contribution is 7.86. The molecule has 1 N–H and O–H groups in total. The average molecular weight is 387 g/mol. The molecule has 0 heterocycles. The Kier molecular flexibility index (Phi) is 8.82. The first-order valence-electron chi connectivity index (χ1n) is 8.25. The normalized spacial score (nSPS) is 12.2. The maximum Gasteiger partial charge on any atom is 0.297 e. The molecule has 0 saturated heterocycles. The SMILES string of the molecule is CC(=O)C(C)(C)CO.CC(=O)C(C)(C)COS(=O)(=O)c1ccc(C)cc1. The maximum absolute atomic E-state index is 11.9. The van der Waals surface area contributed by atoms with Crippen molar-refractivity contribution < 1.29 is 27.3 Å². The maximum atomic E-state index is 11.9. The molecule has 0 aliphatic heterocycles. The van der Waals surface area contributed by atoms with Crippen LogP contribution in [0.15, 0.2) is 29.2 Å². The monoisotopic (exact) mass is 386 g/mol. The Labute approximate surface area is 156 Å². The van der Waals surface area contributed by atoms with Gasteiger partial charge in [-0.25, -0.2) is 0 Å². The second kappa shape index (κ2) is 9.39. The lowest BCUT2D eigenvalue weighted by molar-refractivity contribution is -0.127. The smallest absolute Gasteiger partial charge is 0.297 e. The summed E-state index contributed by atoms with van der Waals surface area (Å²) in [4.78, 5) is 21.9. The summed E-state index contributed by atoms with van der Waals surface area (Å²) in [6.07, 6.45) is 0. The molecule has 0 spiro atoms. The summed E-state index contributed by atoms with van der Waals surface area (Å²) >= 11 is 0. The van der Waals surface area contributed by atoms with Crippen LogP contribution in [-0.2, 0) is 23.9 Å². The number of Topliss-reactive ketones (excluding diaryl/α,β-unsaturated/α-hetero) is 2. The molecular weight excluding hydrogens is 356 g/mol. The molecule has 0 unspecified atom stereocenters. The average Bonchev–Trinajstić information content (AvgIpc) is 2.54. The number of aliphatic hydroxyl groups is 1. The zero-order valence-electron chi connectivity index (χ0n) is 16.6. The quantitative estimate of drug-likeness (QED) is 0.724. The van der Waals surface area contributed by atoms with Crippen LogP contribution >= 0.6 is 0 Å². The van der Waals surface area contributed by atoms with Gasteiger partial charge in [-0.3, -0.25) is 13.8 Å². The van der Waals surface area contributed by atoms with Crippen LogP contribution in [0, 0.1) is 17.8 Å². The van der Waals surface area contributed by atoms with Crippen LogP contribution in [-0.4, -0.2) is 38.3 Å². The lowest BCUT2D eigenvalue weighted by atomic mass is 9.90. The van der Waals surface area contributed by atoms with E-state index in [1.165, 1.54) is 26.0 Å². The first kappa shape index (κ1) is 24.4. The van der Waals surface area contributed by atoms with Gasteiger partial charge in [-0.1, -0.05) is 45.4 Å². The van der Waals surface area contributed by atoms with Gasteiger partial charge in [-0.15, -0.1) is 0 Å². The third kappa shape index (κ3) is 7.76. The standard InChI is InChI=1S/C13H18O4S.C6H12O2/c1-10-5-7-12(8-6-10)18(15,16)17-9-13(3,4)11(2)14;1-5(8)6(2,3)4-7/h5-8H,9H2,1-4H3;7H,4H2,1-3H3. The number of hydrogen-bond acceptors (Lipinski definition) is 6. The van der Waals surface area contributed by atoms with Crippen LogP contribution in [0.3, 0.4) is 0 Å². The fraction of sp³-hybridized carbons (Fsp3) is 0.579. The van der Waals surface area contributed by atoms with E-state index in [9.17, 15) is 18.0 Å². The number of hydrogen-bond donors (Lipinski definition) is 1. The number of rotatable bonds is 7. The van der Waals surface area contributed by atoms with E-state index >= 15 is 0 Å². The molecule has 1 aromatic rings. The number of carbonyl (C=O) groups excluding carboxylic acids is 2. The van der Waals surface area contributed by atoms with Crippen molar-refractivity contribution in [2.24, 2.45) is 10.8 Å². The van der Waals surface area contributed by atoms with E-state index in [0.29, 0.717) is 0 Å². The van der Waals surface area contributed by atoms with Gasteiger partial charge in [0.1, 0.15) is 11.6 Å². The van der Waals surface area contributed by atoms with Gasteiger partial charge in [0.2, 0.25) is 0 Å². The summed E-state index contributed by atoms with van der Waals surface area (Å²) in [5.41, 5.74) is -0.379. The van der Waals surface area contributed by atoms with Crippen molar-refractivity contribution in [3.05, 3.63) is 29.8 Å². The van der Waals surface area contributed by atoms with Crippen LogP contribution < -0.4 is 0 Å². The molecule has 1 aromatic carbocycles. The summed E-state index contributed by atoms with van der Waals surface area (Å²) in [5.74, 6) is -0.0818. The van der Waals surface area contributed by atoms with Crippen LogP contribution in [0.2, 0.25) is 0 Å². The zero-order valence-corrected chi connectivity index (χ0v) is 17.4. The third-order valence-electron chi connectivity index (χ3n) is 4.19. The second-order valence-electron chi connectivity index (χ2n) is 7.57. The van der Waals surface area contributed by atoms with Gasteiger partial charge in [0.25, 0.3) is 10.1 Å². The molecule has 0 fully saturated rings. The van der Waals surface area contributed by atoms with Gasteiger partial charge < -0.3 is 5.11 Å². The third-order valence-corrected chi connectivity index (χ3v) is 5.46. The zero-order chi connectivity index (χ0) is 20.8. The van der Waals surface area contributed by atoms with Crippen LogP contribution in [0.1, 0.15) is 47.1 Å². The van der Waals surface area contributed by atoms with Crippen molar-refractivity contribution >= 4 is 21.7 Å². The number of aryl methyl sites for hydroxylation is 1. The van der Waals surface area contributed by atoms with E-state index in [0.717, 1.165) is 5.56 Å². The van der Waals surface area contributed by atoms with E-state index in [1.54, 1.807) is 39.8 Å². The fourth-order valence-corrected chi connectivity index (χ4v) is 2.27. The van der Waals surface area contributed by atoms with Gasteiger partial charge in [0, 0.05) is 10.8 Å². The molecule has 26 heavy (non-hydrogen) atoms. The molecular formula is C19H30O6S. The Morgan fingerprint density at radius 2 is 1.38 bits per heavy atom. The molecule has 1 rings (SSSR count). The molecule has 0 aromatic heterocycles. The number of benzene rings is 1. The minimum Gasteiger partial charge on any atom is -0.395 e. The molecule has 6 nitrogen and oxygen atoms in total. The van der Waals surface area contributed by atoms with E-state index < -0.39 is 20.9 Å². The van der Waals surface area contributed by atoms with Crippen molar-refractivity contribution in [3.8, 4) is 0 Å². The Hall–Kier alpha value is -1.57. The fourth-order valence-electron chi connectivity index (χ4n) is 1.21. The molecule has 0 atom stereocenters. The lowest BCUT2D eigenvalue weighted by Crippen LogP contribution is -2.29. The first-order valence-corrected chi connectivity index (χ1v) is 9.65. The molecule has 0 saturated carbocycles. The lowest BCUT2D eigenvalue weighted by Gasteiger charge is -2.20. The summed E-state index contributed by atoms with van der Waals surface area (Å²) in [6, 6.07) is 6.38. The van der Waals surface area contributed by atoms with Crippen molar-refractivity contribution in [2.75, 3.05) is 13.2 Å². The summed E-state index contributed by atoms with van der Waals surface area (Å²) in [6.45, 7) is 11.3. The van der Waals surface area contributed by atoms with Gasteiger partial charge in [0.05, 0.1) is 18.1 Å². The van der Waals surface area contributed by atoms with Crippen molar-refractivity contribution in [2.45, 2.75) is 53.4 Å². The molecule has 7 heteroatoms. The number of aliphatic hydroxyl groups excluding tert-OH is 1. The highest BCUT2D eigenvalue weighted by Gasteiger charge is 2.27. The van der Waals surface area contributed by atoms with Crippen LogP contribution in [0.5, 0.6) is 0 Å². The molecule has 0 radical (unpaired) electrons. The van der Waals surface area contributed by atoms with E-state index in [-0.39, 0.29) is 29.7 Å². The van der Waals surface area contributed by atoms with Crippen molar-refractivity contribution in [1.82, 2.24) is 0 Å². The van der Waals surface area contributed by atoms with E-state index in [2.05, 4.69) is 0 Å². The van der Waals surface area contributed by atoms with E-state index in [1.807, 2.05) is 6.92 Å². The Morgan fingerprint density at radius 3 is 1.69 bits per heavy atom. The minimum atomic E-state index is -3.80. The molecule has 0 amide bonds. The largest absolute Gasteiger partial charge is 0.395 e. The van der Waals surface area contributed by atoms with Crippen molar-refractivity contribution in [1.29, 1.82) is 0 Å². The van der Waals surface area contributed by atoms with Gasteiger partial charge in [-0.05, 0) is 32.9 Å². The van der Waals surface area contributed by atoms with Gasteiger partial charge in [-0.2, -0.15) is 8.42 Å². The topological polar surface area (TPSA) is 97.7 Å². The van der Waals surface area contributed by atoms with E-state index in [4.69, 9.17) is 9.29 Å². The number of ketones is 2. The Balaban J connectivity index is 0.000000660. The minimum absolute atomic E-state index is 0.0278. The van der Waals surface area contributed by atoms with Gasteiger partial charge >= 0.3 is 0 Å². The highest BCUT2D eigenvalue weighted by atomic mass is 32.2. The molecule has 0 aliphatic carbocycles. The predicted octanol–water partition coefficient (Wildman–Crippen LogP) is 2.91. The molecule has 0 aliphatic rings. The first-order chi connectivity index (χ1) is 11.7. The molecule has 0 bridgehead atoms. The second-order valence-corrected chi connectivity index (χ2v) is 9.18. The van der Waals surface area contributed by atoms with Crippen LogP contribution in [0.4, 0.5) is 0 Å². The van der Waals surface area contributed by atoms with Crippen LogP contribution in [0.25, 0.3) is 0 Å².